The Morgan fingerprint density at radius 2 is 1.61 bits per heavy atom. The van der Waals surface area contributed by atoms with Gasteiger partial charge in [-0.3, -0.25) is 10.1 Å². The van der Waals surface area contributed by atoms with E-state index in [1.165, 1.54) is 0 Å². The van der Waals surface area contributed by atoms with Gasteiger partial charge in [-0.05, 0) is 20.8 Å². The molecule has 1 fully saturated rings. The van der Waals surface area contributed by atoms with Crippen LogP contribution in [-0.2, 0) is 16.1 Å². The highest BCUT2D eigenvalue weighted by Crippen LogP contribution is 2.17. The van der Waals surface area contributed by atoms with E-state index in [-0.39, 0.29) is 30.5 Å². The van der Waals surface area contributed by atoms with Gasteiger partial charge in [0.25, 0.3) is 0 Å². The van der Waals surface area contributed by atoms with Crippen LogP contribution in [0.4, 0.5) is 16.7 Å². The first-order valence-corrected chi connectivity index (χ1v) is 10.9. The number of carbonyl (C=O) groups excluding carboxylic acids is 2. The number of anilines is 2. The van der Waals surface area contributed by atoms with E-state index < -0.39 is 5.60 Å². The second-order valence-corrected chi connectivity index (χ2v) is 9.02. The molecule has 2 aromatic heterocycles. The molecule has 178 valence electrons. The fraction of sp³-hybridized carbons (Fsp3) is 0.545. The van der Waals surface area contributed by atoms with Crippen molar-refractivity contribution in [3.8, 4) is 5.75 Å². The van der Waals surface area contributed by atoms with Gasteiger partial charge < -0.3 is 19.3 Å². The van der Waals surface area contributed by atoms with Crippen LogP contribution in [0.15, 0.2) is 24.8 Å². The minimum atomic E-state index is -0.509. The van der Waals surface area contributed by atoms with E-state index >= 15 is 0 Å². The fourth-order valence-electron chi connectivity index (χ4n) is 2.88. The summed E-state index contributed by atoms with van der Waals surface area (Å²) in [5.41, 5.74) is 0.241. The number of carbonyl (C=O) groups is 2. The number of piperazine rings is 1. The molecule has 1 aliphatic heterocycles. The van der Waals surface area contributed by atoms with Gasteiger partial charge in [-0.25, -0.2) is 24.7 Å². The molecule has 0 aliphatic carbocycles. The Morgan fingerprint density at radius 3 is 2.15 bits per heavy atom. The summed E-state index contributed by atoms with van der Waals surface area (Å²) < 4.78 is 11.1. The molecular weight excluding hydrogens is 426 g/mol. The molecule has 1 N–H and O–H groups in total. The van der Waals surface area contributed by atoms with E-state index in [4.69, 9.17) is 9.47 Å². The van der Waals surface area contributed by atoms with Crippen LogP contribution < -0.4 is 15.0 Å². The predicted molar refractivity (Wildman–Crippen MR) is 122 cm³/mol. The molecule has 0 spiro atoms. The number of rotatable bonds is 6. The first-order chi connectivity index (χ1) is 15.6. The highest BCUT2D eigenvalue weighted by molar-refractivity contribution is 5.90. The van der Waals surface area contributed by atoms with E-state index in [1.807, 2.05) is 25.7 Å². The zero-order valence-electron chi connectivity index (χ0n) is 19.7. The van der Waals surface area contributed by atoms with Crippen LogP contribution in [0.3, 0.4) is 0 Å². The number of nitrogens with zero attached hydrogens (tertiary/aromatic N) is 6. The molecule has 11 heteroatoms. The normalized spacial score (nSPS) is 14.2. The predicted octanol–water partition coefficient (Wildman–Crippen LogP) is 2.50. The van der Waals surface area contributed by atoms with Gasteiger partial charge in [0.05, 0.1) is 12.4 Å². The maximum absolute atomic E-state index is 12.2. The molecule has 2 amide bonds. The highest BCUT2D eigenvalue weighted by atomic mass is 16.6. The van der Waals surface area contributed by atoms with Crippen molar-refractivity contribution in [2.45, 2.75) is 46.8 Å². The van der Waals surface area contributed by atoms with Crippen molar-refractivity contribution >= 4 is 23.9 Å². The zero-order chi connectivity index (χ0) is 24.0. The van der Waals surface area contributed by atoms with E-state index in [1.54, 1.807) is 43.5 Å². The molecular formula is C22H31N7O4. The van der Waals surface area contributed by atoms with Crippen molar-refractivity contribution in [3.63, 3.8) is 0 Å². The largest absolute Gasteiger partial charge is 0.486 e. The number of nitrogens with one attached hydrogen (secondary N) is 1. The second-order valence-electron chi connectivity index (χ2n) is 9.02. The van der Waals surface area contributed by atoms with E-state index in [9.17, 15) is 9.59 Å². The zero-order valence-corrected chi connectivity index (χ0v) is 19.7. The Hall–Kier alpha value is -3.50. The lowest BCUT2D eigenvalue weighted by Gasteiger charge is -2.35. The standard InChI is InChI=1S/C22H31N7O4/c1-15(2)18(30)27-19-23-10-16(11-24-19)14-32-17-12-25-20(26-13-17)28-6-8-29(9-7-28)21(31)33-22(3,4)5/h10-13,15H,6-9,14H2,1-5H3,(H,23,24,27,30). The molecule has 11 nitrogen and oxygen atoms in total. The Kier molecular flexibility index (Phi) is 7.62. The van der Waals surface area contributed by atoms with Crippen LogP contribution in [-0.4, -0.2) is 68.6 Å². The quantitative estimate of drug-likeness (QED) is 0.697. The van der Waals surface area contributed by atoms with Crippen LogP contribution in [0.1, 0.15) is 40.2 Å². The number of ether oxygens (including phenoxy) is 2. The summed E-state index contributed by atoms with van der Waals surface area (Å²) in [4.78, 5) is 44.6. The summed E-state index contributed by atoms with van der Waals surface area (Å²) in [6.07, 6.45) is 6.12. The van der Waals surface area contributed by atoms with Crippen molar-refractivity contribution in [1.29, 1.82) is 0 Å². The number of hydrogen-bond acceptors (Lipinski definition) is 9. The van der Waals surface area contributed by atoms with Crippen molar-refractivity contribution in [3.05, 3.63) is 30.4 Å². The molecule has 3 heterocycles. The van der Waals surface area contributed by atoms with Gasteiger partial charge in [0.1, 0.15) is 12.2 Å². The lowest BCUT2D eigenvalue weighted by Crippen LogP contribution is -2.50. The Morgan fingerprint density at radius 1 is 1.00 bits per heavy atom. The topological polar surface area (TPSA) is 123 Å². The lowest BCUT2D eigenvalue weighted by atomic mass is 10.2. The van der Waals surface area contributed by atoms with E-state index in [0.29, 0.717) is 37.9 Å². The van der Waals surface area contributed by atoms with Gasteiger partial charge in [0.15, 0.2) is 5.75 Å². The van der Waals surface area contributed by atoms with Crippen molar-refractivity contribution in [2.75, 3.05) is 36.4 Å². The van der Waals surface area contributed by atoms with Gasteiger partial charge in [-0.2, -0.15) is 0 Å². The van der Waals surface area contributed by atoms with Crippen molar-refractivity contribution in [1.82, 2.24) is 24.8 Å². The Labute approximate surface area is 193 Å². The molecule has 0 aromatic carbocycles. The van der Waals surface area contributed by atoms with Crippen molar-refractivity contribution in [2.24, 2.45) is 5.92 Å². The minimum Gasteiger partial charge on any atom is -0.486 e. The summed E-state index contributed by atoms with van der Waals surface area (Å²) >= 11 is 0. The maximum atomic E-state index is 12.2. The first-order valence-electron chi connectivity index (χ1n) is 10.9. The van der Waals surface area contributed by atoms with Gasteiger partial charge in [0, 0.05) is 50.1 Å². The smallest absolute Gasteiger partial charge is 0.410 e. The molecule has 0 saturated carbocycles. The summed E-state index contributed by atoms with van der Waals surface area (Å²) in [6, 6.07) is 0. The average Bonchev–Trinajstić information content (AvgIpc) is 2.78. The van der Waals surface area contributed by atoms with Gasteiger partial charge in [-0.15, -0.1) is 0 Å². The first kappa shape index (κ1) is 24.1. The van der Waals surface area contributed by atoms with Crippen LogP contribution >= 0.6 is 0 Å². The van der Waals surface area contributed by atoms with Gasteiger partial charge in [-0.1, -0.05) is 13.8 Å². The third-order valence-corrected chi connectivity index (χ3v) is 4.70. The summed E-state index contributed by atoms with van der Waals surface area (Å²) in [7, 11) is 0. The molecule has 0 radical (unpaired) electrons. The highest BCUT2D eigenvalue weighted by Gasteiger charge is 2.26. The van der Waals surface area contributed by atoms with Gasteiger partial charge in [0.2, 0.25) is 17.8 Å². The summed E-state index contributed by atoms with van der Waals surface area (Å²) in [5.74, 6) is 1.08. The minimum absolute atomic E-state index is 0.137. The van der Waals surface area contributed by atoms with E-state index in [2.05, 4.69) is 25.3 Å². The van der Waals surface area contributed by atoms with E-state index in [0.717, 1.165) is 5.56 Å². The van der Waals surface area contributed by atoms with Gasteiger partial charge >= 0.3 is 6.09 Å². The molecule has 3 rings (SSSR count). The maximum Gasteiger partial charge on any atom is 0.410 e. The van der Waals surface area contributed by atoms with Crippen molar-refractivity contribution < 1.29 is 19.1 Å². The summed E-state index contributed by atoms with van der Waals surface area (Å²) in [5, 5.41) is 2.64. The Balaban J connectivity index is 1.46. The monoisotopic (exact) mass is 457 g/mol. The molecule has 0 unspecified atom stereocenters. The third-order valence-electron chi connectivity index (χ3n) is 4.70. The molecule has 0 bridgehead atoms. The van der Waals surface area contributed by atoms with Crippen LogP contribution in [0, 0.1) is 5.92 Å². The molecule has 0 atom stereocenters. The molecule has 1 aliphatic rings. The molecule has 1 saturated heterocycles. The SMILES string of the molecule is CC(C)C(=O)Nc1ncc(COc2cnc(N3CCN(C(=O)OC(C)(C)C)CC3)nc2)cn1. The van der Waals surface area contributed by atoms with Crippen LogP contribution in [0.5, 0.6) is 5.75 Å². The number of aromatic nitrogens is 4. The average molecular weight is 458 g/mol. The fourth-order valence-corrected chi connectivity index (χ4v) is 2.88. The number of hydrogen-bond donors (Lipinski definition) is 1. The molecule has 33 heavy (non-hydrogen) atoms. The third kappa shape index (κ3) is 7.26. The molecule has 2 aromatic rings. The number of amides is 2. The van der Waals surface area contributed by atoms with Crippen LogP contribution in [0.2, 0.25) is 0 Å². The second kappa shape index (κ2) is 10.4. The summed E-state index contributed by atoms with van der Waals surface area (Å²) in [6.45, 7) is 11.7. The van der Waals surface area contributed by atoms with Crippen LogP contribution in [0.25, 0.3) is 0 Å². The Bertz CT molecular complexity index is 935. The lowest BCUT2D eigenvalue weighted by molar-refractivity contribution is -0.118.